The normalized spacial score (nSPS) is 15.1. The van der Waals surface area contributed by atoms with E-state index in [0.29, 0.717) is 18.2 Å². The van der Waals surface area contributed by atoms with E-state index in [0.717, 1.165) is 11.4 Å². The Kier molecular flexibility index (Phi) is 3.46. The Morgan fingerprint density at radius 2 is 2.19 bits per heavy atom. The van der Waals surface area contributed by atoms with Gasteiger partial charge in [0.1, 0.15) is 0 Å². The molecule has 1 aromatic carbocycles. The van der Waals surface area contributed by atoms with E-state index in [1.54, 1.807) is 13.0 Å². The van der Waals surface area contributed by atoms with Crippen LogP contribution < -0.4 is 10.5 Å². The average molecular weight is 306 g/mol. The van der Waals surface area contributed by atoms with Gasteiger partial charge in [0.2, 0.25) is 10.0 Å². The van der Waals surface area contributed by atoms with Crippen molar-refractivity contribution in [3.8, 4) is 0 Å². The average Bonchev–Trinajstić information content (AvgIpc) is 3.15. The molecule has 0 atom stereocenters. The second-order valence-electron chi connectivity index (χ2n) is 5.35. The van der Waals surface area contributed by atoms with Crippen molar-refractivity contribution >= 4 is 15.7 Å². The van der Waals surface area contributed by atoms with Gasteiger partial charge in [-0.15, -0.1) is 0 Å². The van der Waals surface area contributed by atoms with Gasteiger partial charge in [0.05, 0.1) is 23.5 Å². The van der Waals surface area contributed by atoms with E-state index in [4.69, 9.17) is 5.14 Å². The molecule has 0 aliphatic heterocycles. The van der Waals surface area contributed by atoms with Crippen molar-refractivity contribution < 1.29 is 8.42 Å². The van der Waals surface area contributed by atoms with E-state index in [1.807, 2.05) is 18.6 Å². The summed E-state index contributed by atoms with van der Waals surface area (Å²) in [6, 6.07) is 5.63. The van der Waals surface area contributed by atoms with Gasteiger partial charge in [-0.25, -0.2) is 18.5 Å². The van der Waals surface area contributed by atoms with Crippen molar-refractivity contribution in [1.29, 1.82) is 0 Å². The van der Waals surface area contributed by atoms with Crippen molar-refractivity contribution in [2.45, 2.75) is 37.2 Å². The van der Waals surface area contributed by atoms with Crippen LogP contribution in [0.2, 0.25) is 0 Å². The molecule has 0 radical (unpaired) electrons. The summed E-state index contributed by atoms with van der Waals surface area (Å²) in [5.41, 5.74) is 2.50. The number of anilines is 1. The van der Waals surface area contributed by atoms with Crippen LogP contribution in [0.15, 0.2) is 35.6 Å². The van der Waals surface area contributed by atoms with Gasteiger partial charge in [-0.2, -0.15) is 0 Å². The Hall–Kier alpha value is -1.86. The number of hydrogen-bond acceptors (Lipinski definition) is 4. The summed E-state index contributed by atoms with van der Waals surface area (Å²) in [5, 5.41) is 8.49. The lowest BCUT2D eigenvalue weighted by Gasteiger charge is -2.13. The molecule has 0 bridgehead atoms. The zero-order valence-electron chi connectivity index (χ0n) is 11.8. The molecular weight excluding hydrogens is 288 g/mol. The van der Waals surface area contributed by atoms with E-state index in [9.17, 15) is 8.42 Å². The summed E-state index contributed by atoms with van der Waals surface area (Å²) in [6.45, 7) is 2.35. The van der Waals surface area contributed by atoms with Crippen LogP contribution in [0.1, 0.15) is 30.1 Å². The minimum absolute atomic E-state index is 0.156. The molecule has 1 heterocycles. The Morgan fingerprint density at radius 3 is 2.86 bits per heavy atom. The van der Waals surface area contributed by atoms with Gasteiger partial charge in [-0.1, -0.05) is 6.07 Å². The van der Waals surface area contributed by atoms with E-state index in [-0.39, 0.29) is 4.90 Å². The first-order valence-electron chi connectivity index (χ1n) is 6.84. The summed E-state index contributed by atoms with van der Waals surface area (Å²) in [7, 11) is -3.70. The first kappa shape index (κ1) is 14.1. The van der Waals surface area contributed by atoms with Gasteiger partial charge in [0.25, 0.3) is 0 Å². The molecule has 0 spiro atoms. The zero-order valence-corrected chi connectivity index (χ0v) is 12.6. The molecule has 1 fully saturated rings. The molecule has 0 unspecified atom stereocenters. The molecule has 3 rings (SSSR count). The first-order chi connectivity index (χ1) is 9.97. The number of hydrogen-bond donors (Lipinski definition) is 2. The van der Waals surface area contributed by atoms with Crippen molar-refractivity contribution in [3.63, 3.8) is 0 Å². The van der Waals surface area contributed by atoms with Crippen LogP contribution in [-0.4, -0.2) is 18.0 Å². The van der Waals surface area contributed by atoms with Crippen molar-refractivity contribution in [2.75, 3.05) is 5.32 Å². The van der Waals surface area contributed by atoms with Crippen LogP contribution in [0.3, 0.4) is 0 Å². The molecule has 6 nitrogen and oxygen atoms in total. The summed E-state index contributed by atoms with van der Waals surface area (Å²) in [6.07, 6.45) is 6.08. The van der Waals surface area contributed by atoms with Crippen LogP contribution >= 0.6 is 0 Å². The fraction of sp³-hybridized carbons (Fsp3) is 0.357. The van der Waals surface area contributed by atoms with Gasteiger partial charge < -0.3 is 9.88 Å². The summed E-state index contributed by atoms with van der Waals surface area (Å²) in [5.74, 6) is 0. The minimum Gasteiger partial charge on any atom is -0.379 e. The van der Waals surface area contributed by atoms with Crippen LogP contribution in [0.25, 0.3) is 0 Å². The zero-order chi connectivity index (χ0) is 15.0. The van der Waals surface area contributed by atoms with Gasteiger partial charge in [-0.3, -0.25) is 0 Å². The van der Waals surface area contributed by atoms with Crippen LogP contribution in [-0.2, 0) is 16.6 Å². The third-order valence-electron chi connectivity index (χ3n) is 3.74. The number of rotatable bonds is 5. The number of nitrogens with zero attached hydrogens (tertiary/aromatic N) is 2. The maximum Gasteiger partial charge on any atom is 0.238 e. The SMILES string of the molecule is Cc1c(NCc2cncn2C2CC2)cccc1S(N)(=O)=O. The number of nitrogens with one attached hydrogen (secondary N) is 1. The second kappa shape index (κ2) is 5.16. The van der Waals surface area contributed by atoms with Crippen molar-refractivity contribution in [3.05, 3.63) is 42.0 Å². The Balaban J connectivity index is 1.81. The number of benzene rings is 1. The number of sulfonamides is 1. The smallest absolute Gasteiger partial charge is 0.238 e. The molecule has 3 N–H and O–H groups in total. The molecule has 1 saturated carbocycles. The summed E-state index contributed by atoms with van der Waals surface area (Å²) < 4.78 is 25.2. The van der Waals surface area contributed by atoms with Gasteiger partial charge in [-0.05, 0) is 37.5 Å². The summed E-state index contributed by atoms with van der Waals surface area (Å²) >= 11 is 0. The molecule has 7 heteroatoms. The predicted octanol–water partition coefficient (Wildman–Crippen LogP) is 1.79. The third-order valence-corrected chi connectivity index (χ3v) is 4.79. The highest BCUT2D eigenvalue weighted by Crippen LogP contribution is 2.35. The van der Waals surface area contributed by atoms with Crippen LogP contribution in [0, 0.1) is 6.92 Å². The molecule has 0 saturated heterocycles. The lowest BCUT2D eigenvalue weighted by Crippen LogP contribution is -2.15. The van der Waals surface area contributed by atoms with E-state index >= 15 is 0 Å². The Morgan fingerprint density at radius 1 is 1.43 bits per heavy atom. The van der Waals surface area contributed by atoms with Gasteiger partial charge in [0.15, 0.2) is 0 Å². The Bertz CT molecular complexity index is 763. The maximum absolute atomic E-state index is 11.5. The third kappa shape index (κ3) is 2.93. The van der Waals surface area contributed by atoms with Crippen molar-refractivity contribution in [1.82, 2.24) is 9.55 Å². The van der Waals surface area contributed by atoms with Crippen LogP contribution in [0.4, 0.5) is 5.69 Å². The topological polar surface area (TPSA) is 90.0 Å². The quantitative estimate of drug-likeness (QED) is 0.881. The van der Waals surface area contributed by atoms with Crippen molar-refractivity contribution in [2.24, 2.45) is 5.14 Å². The monoisotopic (exact) mass is 306 g/mol. The molecule has 2 aromatic rings. The predicted molar refractivity (Wildman–Crippen MR) is 80.4 cm³/mol. The summed E-state index contributed by atoms with van der Waals surface area (Å²) in [4.78, 5) is 4.34. The van der Waals surface area contributed by atoms with E-state index < -0.39 is 10.0 Å². The Labute approximate surface area is 124 Å². The molecule has 0 amide bonds. The highest BCUT2D eigenvalue weighted by Gasteiger charge is 2.25. The van der Waals surface area contributed by atoms with E-state index in [2.05, 4.69) is 14.9 Å². The number of primary sulfonamides is 1. The second-order valence-corrected chi connectivity index (χ2v) is 6.88. The van der Waals surface area contributed by atoms with E-state index in [1.165, 1.54) is 18.9 Å². The number of aromatic nitrogens is 2. The molecule has 1 aromatic heterocycles. The lowest BCUT2D eigenvalue weighted by molar-refractivity contribution is 0.597. The van der Waals surface area contributed by atoms with Crippen LogP contribution in [0.5, 0.6) is 0 Å². The fourth-order valence-corrected chi connectivity index (χ4v) is 3.26. The first-order valence-corrected chi connectivity index (χ1v) is 8.38. The largest absolute Gasteiger partial charge is 0.379 e. The number of nitrogens with two attached hydrogens (primary N) is 1. The van der Waals surface area contributed by atoms with Gasteiger partial charge in [0, 0.05) is 17.9 Å². The molecule has 112 valence electrons. The highest BCUT2D eigenvalue weighted by molar-refractivity contribution is 7.89. The fourth-order valence-electron chi connectivity index (χ4n) is 2.45. The number of imidazole rings is 1. The maximum atomic E-state index is 11.5. The van der Waals surface area contributed by atoms with Gasteiger partial charge >= 0.3 is 0 Å². The molecule has 21 heavy (non-hydrogen) atoms. The molecule has 1 aliphatic rings. The molecule has 1 aliphatic carbocycles. The minimum atomic E-state index is -3.70. The standard InChI is InChI=1S/C14H18N4O2S/c1-10-13(3-2-4-14(10)21(15,19)20)17-8-12-7-16-9-18(12)11-5-6-11/h2-4,7,9,11,17H,5-6,8H2,1H3,(H2,15,19,20). The highest BCUT2D eigenvalue weighted by atomic mass is 32.2. The molecular formula is C14H18N4O2S. The lowest BCUT2D eigenvalue weighted by atomic mass is 10.2.